The molecule has 0 radical (unpaired) electrons. The van der Waals surface area contributed by atoms with E-state index < -0.39 is 10.0 Å². The number of carbonyl (C=O) groups excluding carboxylic acids is 1. The summed E-state index contributed by atoms with van der Waals surface area (Å²) in [5.74, 6) is 0.499. The number of aryl methyl sites for hydroxylation is 2. The zero-order chi connectivity index (χ0) is 19.4. The zero-order valence-corrected chi connectivity index (χ0v) is 15.4. The first kappa shape index (κ1) is 18.7. The second-order valence-electron chi connectivity index (χ2n) is 5.95. The van der Waals surface area contributed by atoms with Crippen molar-refractivity contribution in [3.63, 3.8) is 0 Å². The Morgan fingerprint density at radius 2 is 1.93 bits per heavy atom. The van der Waals surface area contributed by atoms with Gasteiger partial charge in [-0.15, -0.1) is 0 Å². The van der Waals surface area contributed by atoms with E-state index in [2.05, 4.69) is 15.5 Å². The van der Waals surface area contributed by atoms with E-state index in [1.807, 2.05) is 30.3 Å². The van der Waals surface area contributed by atoms with E-state index in [-0.39, 0.29) is 23.6 Å². The molecule has 0 unspecified atom stereocenters. The van der Waals surface area contributed by atoms with Crippen LogP contribution in [0.15, 0.2) is 57.9 Å². The Morgan fingerprint density at radius 1 is 1.19 bits per heavy atom. The van der Waals surface area contributed by atoms with Gasteiger partial charge < -0.3 is 9.84 Å². The van der Waals surface area contributed by atoms with Gasteiger partial charge >= 0.3 is 0 Å². The highest BCUT2D eigenvalue weighted by atomic mass is 32.2. The van der Waals surface area contributed by atoms with Crippen LogP contribution in [0.3, 0.4) is 0 Å². The van der Waals surface area contributed by atoms with Gasteiger partial charge in [0.25, 0.3) is 0 Å². The normalized spacial score (nSPS) is 11.3. The lowest BCUT2D eigenvalue weighted by Gasteiger charge is -2.08. The lowest BCUT2D eigenvalue weighted by molar-refractivity contribution is -0.116. The fourth-order valence-corrected chi connectivity index (χ4v) is 3.30. The van der Waals surface area contributed by atoms with E-state index in [4.69, 9.17) is 9.66 Å². The van der Waals surface area contributed by atoms with Crippen molar-refractivity contribution in [2.45, 2.75) is 24.7 Å². The zero-order valence-electron chi connectivity index (χ0n) is 14.5. The average molecular weight is 386 g/mol. The molecule has 1 aromatic heterocycles. The number of aromatic nitrogens is 2. The van der Waals surface area contributed by atoms with Crippen LogP contribution in [0.5, 0.6) is 0 Å². The maximum atomic E-state index is 12.1. The lowest BCUT2D eigenvalue weighted by atomic mass is 10.2. The van der Waals surface area contributed by atoms with Crippen molar-refractivity contribution in [1.82, 2.24) is 10.1 Å². The number of hydrogen-bond acceptors (Lipinski definition) is 6. The van der Waals surface area contributed by atoms with E-state index in [0.717, 1.165) is 5.56 Å². The summed E-state index contributed by atoms with van der Waals surface area (Å²) in [5, 5.41) is 11.7. The number of amides is 1. The van der Waals surface area contributed by atoms with Crippen molar-refractivity contribution in [3.05, 3.63) is 60.0 Å². The summed E-state index contributed by atoms with van der Waals surface area (Å²) in [4.78, 5) is 16.4. The van der Waals surface area contributed by atoms with Crippen molar-refractivity contribution >= 4 is 21.6 Å². The minimum absolute atomic E-state index is 0.0234. The van der Waals surface area contributed by atoms with Crippen molar-refractivity contribution in [3.8, 4) is 11.4 Å². The third-order valence-corrected chi connectivity index (χ3v) is 4.90. The van der Waals surface area contributed by atoms with Crippen LogP contribution in [0, 0.1) is 6.92 Å². The summed E-state index contributed by atoms with van der Waals surface area (Å²) in [6.07, 6.45) is 0.370. The van der Waals surface area contributed by atoms with Crippen molar-refractivity contribution < 1.29 is 17.7 Å². The Bertz CT molecular complexity index is 1060. The Kier molecular flexibility index (Phi) is 5.33. The molecular formula is C18H18N4O4S. The average Bonchev–Trinajstić information content (AvgIpc) is 3.10. The van der Waals surface area contributed by atoms with Crippen molar-refractivity contribution in [2.75, 3.05) is 5.32 Å². The molecule has 0 saturated heterocycles. The Morgan fingerprint density at radius 3 is 2.63 bits per heavy atom. The summed E-state index contributed by atoms with van der Waals surface area (Å²) >= 11 is 0. The molecule has 0 atom stereocenters. The van der Waals surface area contributed by atoms with Gasteiger partial charge in [0.15, 0.2) is 0 Å². The van der Waals surface area contributed by atoms with Crippen LogP contribution < -0.4 is 10.5 Å². The molecule has 0 fully saturated rings. The third-order valence-electron chi connectivity index (χ3n) is 3.84. The maximum absolute atomic E-state index is 12.1. The van der Waals surface area contributed by atoms with Crippen LogP contribution in [0.2, 0.25) is 0 Å². The summed E-state index contributed by atoms with van der Waals surface area (Å²) in [6, 6.07) is 13.9. The summed E-state index contributed by atoms with van der Waals surface area (Å²) in [7, 11) is -3.86. The van der Waals surface area contributed by atoms with Crippen LogP contribution in [0.1, 0.15) is 17.9 Å². The van der Waals surface area contributed by atoms with Gasteiger partial charge in [-0.2, -0.15) is 4.98 Å². The van der Waals surface area contributed by atoms with Crippen molar-refractivity contribution in [2.24, 2.45) is 5.14 Å². The number of sulfonamides is 1. The fourth-order valence-electron chi connectivity index (χ4n) is 2.49. The topological polar surface area (TPSA) is 128 Å². The minimum Gasteiger partial charge on any atom is -0.339 e. The molecule has 140 valence electrons. The van der Waals surface area contributed by atoms with E-state index >= 15 is 0 Å². The lowest BCUT2D eigenvalue weighted by Crippen LogP contribution is -2.16. The number of nitrogens with one attached hydrogen (secondary N) is 1. The fraction of sp³-hybridized carbons (Fsp3) is 0.167. The van der Waals surface area contributed by atoms with Gasteiger partial charge in [0.2, 0.25) is 27.6 Å². The molecule has 3 N–H and O–H groups in total. The number of hydrogen-bond donors (Lipinski definition) is 2. The highest BCUT2D eigenvalue weighted by Gasteiger charge is 2.14. The van der Waals surface area contributed by atoms with Crippen molar-refractivity contribution in [1.29, 1.82) is 0 Å². The maximum Gasteiger partial charge on any atom is 0.238 e. The first-order valence-electron chi connectivity index (χ1n) is 8.14. The molecule has 1 heterocycles. The van der Waals surface area contributed by atoms with Gasteiger partial charge in [0.1, 0.15) is 0 Å². The van der Waals surface area contributed by atoms with Gasteiger partial charge in [-0.3, -0.25) is 4.79 Å². The third kappa shape index (κ3) is 4.78. The number of carbonyl (C=O) groups is 1. The molecule has 0 aliphatic heterocycles. The highest BCUT2D eigenvalue weighted by molar-refractivity contribution is 7.89. The largest absolute Gasteiger partial charge is 0.339 e. The molecule has 27 heavy (non-hydrogen) atoms. The molecule has 0 saturated carbocycles. The molecule has 8 nitrogen and oxygen atoms in total. The van der Waals surface area contributed by atoms with Gasteiger partial charge in [0, 0.05) is 24.1 Å². The first-order chi connectivity index (χ1) is 12.8. The Labute approximate surface area is 156 Å². The van der Waals surface area contributed by atoms with E-state index in [9.17, 15) is 13.2 Å². The smallest absolute Gasteiger partial charge is 0.238 e. The first-order valence-corrected chi connectivity index (χ1v) is 9.69. The van der Waals surface area contributed by atoms with Gasteiger partial charge in [-0.1, -0.05) is 41.6 Å². The summed E-state index contributed by atoms with van der Waals surface area (Å²) in [6.45, 7) is 1.63. The van der Waals surface area contributed by atoms with E-state index in [0.29, 0.717) is 23.0 Å². The predicted octanol–water partition coefficient (Wildman–Crippen LogP) is 2.26. The van der Waals surface area contributed by atoms with Gasteiger partial charge in [0.05, 0.1) is 4.90 Å². The summed E-state index contributed by atoms with van der Waals surface area (Å²) < 4.78 is 28.3. The molecular weight excluding hydrogens is 368 g/mol. The molecule has 3 rings (SSSR count). The number of benzene rings is 2. The SMILES string of the molecule is Cc1ccc(NC(=O)CCc2nc(-c3ccccc3)no2)cc1S(N)(=O)=O. The van der Waals surface area contributed by atoms with Crippen LogP contribution >= 0.6 is 0 Å². The summed E-state index contributed by atoms with van der Waals surface area (Å²) in [5.41, 5.74) is 1.69. The Hall–Kier alpha value is -3.04. The highest BCUT2D eigenvalue weighted by Crippen LogP contribution is 2.19. The number of nitrogens with two attached hydrogens (primary N) is 1. The van der Waals surface area contributed by atoms with Crippen LogP contribution in [-0.2, 0) is 21.2 Å². The minimum atomic E-state index is -3.86. The monoisotopic (exact) mass is 386 g/mol. The van der Waals surface area contributed by atoms with Gasteiger partial charge in [-0.05, 0) is 24.6 Å². The van der Waals surface area contributed by atoms with Crippen LogP contribution in [0.25, 0.3) is 11.4 Å². The standard InChI is InChI=1S/C18H18N4O4S/c1-12-7-8-14(11-15(12)27(19,24)25)20-16(23)9-10-17-21-18(22-26-17)13-5-3-2-4-6-13/h2-8,11H,9-10H2,1H3,(H,20,23)(H2,19,24,25). The van der Waals surface area contributed by atoms with Gasteiger partial charge in [-0.25, -0.2) is 13.6 Å². The number of nitrogens with zero attached hydrogens (tertiary/aromatic N) is 2. The molecule has 0 spiro atoms. The Balaban J connectivity index is 1.62. The van der Waals surface area contributed by atoms with Crippen LogP contribution in [-0.4, -0.2) is 24.5 Å². The molecule has 1 amide bonds. The second kappa shape index (κ2) is 7.68. The van der Waals surface area contributed by atoms with Crippen LogP contribution in [0.4, 0.5) is 5.69 Å². The molecule has 0 bridgehead atoms. The number of primary sulfonamides is 1. The van der Waals surface area contributed by atoms with E-state index in [1.54, 1.807) is 19.1 Å². The number of anilines is 1. The second-order valence-corrected chi connectivity index (χ2v) is 7.48. The number of rotatable bonds is 6. The predicted molar refractivity (Wildman–Crippen MR) is 99.2 cm³/mol. The quantitative estimate of drug-likeness (QED) is 0.669. The molecule has 3 aromatic rings. The molecule has 0 aliphatic carbocycles. The molecule has 2 aromatic carbocycles. The molecule has 9 heteroatoms. The van der Waals surface area contributed by atoms with E-state index in [1.165, 1.54) is 6.07 Å². The molecule has 0 aliphatic rings.